The van der Waals surface area contributed by atoms with Gasteiger partial charge in [0.2, 0.25) is 5.95 Å². The second kappa shape index (κ2) is 9.84. The fourth-order valence-electron chi connectivity index (χ4n) is 3.69. The lowest BCUT2D eigenvalue weighted by molar-refractivity contribution is -0.0247. The lowest BCUT2D eigenvalue weighted by Crippen LogP contribution is -2.42. The van der Waals surface area contributed by atoms with E-state index in [1.807, 2.05) is 61.2 Å². The molecule has 1 amide bonds. The van der Waals surface area contributed by atoms with Gasteiger partial charge in [-0.1, -0.05) is 12.1 Å². The van der Waals surface area contributed by atoms with Crippen LogP contribution in [0.15, 0.2) is 48.7 Å². The average Bonchev–Trinajstić information content (AvgIpc) is 2.79. The molecule has 1 N–H and O–H groups in total. The average molecular weight is 434 g/mol. The van der Waals surface area contributed by atoms with Crippen LogP contribution in [-0.2, 0) is 16.1 Å². The van der Waals surface area contributed by atoms with E-state index in [0.717, 1.165) is 28.3 Å². The van der Waals surface area contributed by atoms with Gasteiger partial charge in [0.05, 0.1) is 37.3 Å². The van der Waals surface area contributed by atoms with Gasteiger partial charge in [0.15, 0.2) is 0 Å². The summed E-state index contributed by atoms with van der Waals surface area (Å²) in [7, 11) is 1.65. The number of anilines is 2. The van der Waals surface area contributed by atoms with Crippen molar-refractivity contribution in [1.29, 1.82) is 0 Å². The molecule has 1 saturated heterocycles. The lowest BCUT2D eigenvalue weighted by atomic mass is 10.1. The van der Waals surface area contributed by atoms with E-state index in [-0.39, 0.29) is 12.0 Å². The molecular formula is C24H27N5O3. The summed E-state index contributed by atoms with van der Waals surface area (Å²) >= 11 is 0. The SMILES string of the molecule is COCc1ccc(C(=O)N2CCO[C@H](c3ccc(Nc4nc(C)cc(C)n4)cn3)C2)cc1. The fraction of sp³-hybridized carbons (Fsp3) is 0.333. The summed E-state index contributed by atoms with van der Waals surface area (Å²) < 4.78 is 11.0. The Labute approximate surface area is 187 Å². The number of amides is 1. The Morgan fingerprint density at radius 1 is 1.16 bits per heavy atom. The van der Waals surface area contributed by atoms with Gasteiger partial charge in [0.25, 0.3) is 5.91 Å². The van der Waals surface area contributed by atoms with Crippen molar-refractivity contribution in [1.82, 2.24) is 19.9 Å². The molecule has 0 radical (unpaired) electrons. The van der Waals surface area contributed by atoms with E-state index in [9.17, 15) is 4.79 Å². The highest BCUT2D eigenvalue weighted by Crippen LogP contribution is 2.23. The molecule has 1 aromatic carbocycles. The number of benzene rings is 1. The van der Waals surface area contributed by atoms with Crippen molar-refractivity contribution in [2.24, 2.45) is 0 Å². The van der Waals surface area contributed by atoms with Gasteiger partial charge in [-0.2, -0.15) is 0 Å². The molecule has 3 aromatic rings. The van der Waals surface area contributed by atoms with Gasteiger partial charge < -0.3 is 19.7 Å². The number of carbonyl (C=O) groups excluding carboxylic acids is 1. The van der Waals surface area contributed by atoms with E-state index < -0.39 is 0 Å². The molecule has 166 valence electrons. The number of hydrogen-bond acceptors (Lipinski definition) is 7. The number of nitrogens with zero attached hydrogens (tertiary/aromatic N) is 4. The molecule has 4 rings (SSSR count). The van der Waals surface area contributed by atoms with E-state index in [4.69, 9.17) is 9.47 Å². The molecule has 1 aliphatic rings. The Morgan fingerprint density at radius 2 is 1.91 bits per heavy atom. The van der Waals surface area contributed by atoms with Crippen molar-refractivity contribution in [3.63, 3.8) is 0 Å². The summed E-state index contributed by atoms with van der Waals surface area (Å²) in [6, 6.07) is 13.3. The molecule has 2 aromatic heterocycles. The fourth-order valence-corrected chi connectivity index (χ4v) is 3.69. The van der Waals surface area contributed by atoms with Crippen LogP contribution in [0.4, 0.5) is 11.6 Å². The summed E-state index contributed by atoms with van der Waals surface area (Å²) in [5.41, 5.74) is 5.07. The minimum absolute atomic E-state index is 0.00693. The van der Waals surface area contributed by atoms with Crippen LogP contribution in [0.1, 0.15) is 39.1 Å². The predicted molar refractivity (Wildman–Crippen MR) is 121 cm³/mol. The number of nitrogens with one attached hydrogen (secondary N) is 1. The van der Waals surface area contributed by atoms with Crippen molar-refractivity contribution in [3.05, 3.63) is 76.9 Å². The number of hydrogen-bond donors (Lipinski definition) is 1. The quantitative estimate of drug-likeness (QED) is 0.635. The van der Waals surface area contributed by atoms with E-state index in [1.165, 1.54) is 0 Å². The molecule has 0 aliphatic carbocycles. The smallest absolute Gasteiger partial charge is 0.254 e. The zero-order valence-corrected chi connectivity index (χ0v) is 18.5. The molecule has 0 spiro atoms. The molecule has 8 nitrogen and oxygen atoms in total. The molecule has 3 heterocycles. The summed E-state index contributed by atoms with van der Waals surface area (Å²) in [5.74, 6) is 0.534. The molecule has 0 unspecified atom stereocenters. The molecule has 0 saturated carbocycles. The molecule has 32 heavy (non-hydrogen) atoms. The third kappa shape index (κ3) is 5.27. The second-order valence-electron chi connectivity index (χ2n) is 7.81. The number of methoxy groups -OCH3 is 1. The summed E-state index contributed by atoms with van der Waals surface area (Å²) in [5, 5.41) is 3.18. The lowest BCUT2D eigenvalue weighted by Gasteiger charge is -2.32. The number of carbonyl (C=O) groups is 1. The minimum Gasteiger partial charge on any atom is -0.380 e. The number of morpholine rings is 1. The Bertz CT molecular complexity index is 1050. The van der Waals surface area contributed by atoms with E-state index in [2.05, 4.69) is 20.3 Å². The van der Waals surface area contributed by atoms with E-state index in [0.29, 0.717) is 37.8 Å². The maximum Gasteiger partial charge on any atom is 0.254 e. The topological polar surface area (TPSA) is 89.5 Å². The number of rotatable bonds is 6. The normalized spacial score (nSPS) is 16.1. The Kier molecular flexibility index (Phi) is 6.72. The highest BCUT2D eigenvalue weighted by Gasteiger charge is 2.27. The Hall–Kier alpha value is -3.36. The van der Waals surface area contributed by atoms with Crippen molar-refractivity contribution < 1.29 is 14.3 Å². The van der Waals surface area contributed by atoms with E-state index in [1.54, 1.807) is 13.3 Å². The first kappa shape index (κ1) is 21.9. The third-order valence-electron chi connectivity index (χ3n) is 5.22. The zero-order valence-electron chi connectivity index (χ0n) is 18.5. The van der Waals surface area contributed by atoms with E-state index >= 15 is 0 Å². The molecule has 1 aliphatic heterocycles. The molecular weight excluding hydrogens is 406 g/mol. The first-order valence-electron chi connectivity index (χ1n) is 10.6. The van der Waals surface area contributed by atoms with Crippen LogP contribution in [-0.4, -0.2) is 52.6 Å². The van der Waals surface area contributed by atoms with Gasteiger partial charge in [-0.25, -0.2) is 9.97 Å². The van der Waals surface area contributed by atoms with Crippen LogP contribution < -0.4 is 5.32 Å². The molecule has 0 bridgehead atoms. The molecule has 1 fully saturated rings. The van der Waals surface area contributed by atoms with Gasteiger partial charge in [0, 0.05) is 30.6 Å². The van der Waals surface area contributed by atoms with Gasteiger partial charge >= 0.3 is 0 Å². The maximum absolute atomic E-state index is 13.0. The molecule has 8 heteroatoms. The zero-order chi connectivity index (χ0) is 22.5. The van der Waals surface area contributed by atoms with Gasteiger partial charge in [-0.3, -0.25) is 9.78 Å². The van der Waals surface area contributed by atoms with Crippen molar-refractivity contribution in [3.8, 4) is 0 Å². The number of pyridine rings is 1. The van der Waals surface area contributed by atoms with Crippen LogP contribution in [0.3, 0.4) is 0 Å². The van der Waals surface area contributed by atoms with Crippen LogP contribution in [0.5, 0.6) is 0 Å². The van der Waals surface area contributed by atoms with Crippen LogP contribution >= 0.6 is 0 Å². The highest BCUT2D eigenvalue weighted by molar-refractivity contribution is 5.94. The van der Waals surface area contributed by atoms with Crippen LogP contribution in [0.25, 0.3) is 0 Å². The predicted octanol–water partition coefficient (Wildman–Crippen LogP) is 3.59. The largest absolute Gasteiger partial charge is 0.380 e. The second-order valence-corrected chi connectivity index (χ2v) is 7.81. The Balaban J connectivity index is 1.41. The minimum atomic E-state index is -0.271. The standard InChI is InChI=1S/C24H27N5O3/c1-16-12-17(2)27-24(26-16)28-20-8-9-21(25-13-20)22-14-29(10-11-32-22)23(30)19-6-4-18(5-7-19)15-31-3/h4-9,12-13,22H,10-11,14-15H2,1-3H3,(H,26,27,28)/t22-/m0/s1. The third-order valence-corrected chi connectivity index (χ3v) is 5.22. The number of aromatic nitrogens is 3. The van der Waals surface area contributed by atoms with Gasteiger partial charge in [0.1, 0.15) is 6.10 Å². The van der Waals surface area contributed by atoms with Crippen molar-refractivity contribution in [2.75, 3.05) is 32.1 Å². The van der Waals surface area contributed by atoms with Crippen molar-refractivity contribution in [2.45, 2.75) is 26.6 Å². The summed E-state index contributed by atoms with van der Waals surface area (Å²) in [6.45, 7) is 5.87. The summed E-state index contributed by atoms with van der Waals surface area (Å²) in [4.78, 5) is 28.1. The Morgan fingerprint density at radius 3 is 2.56 bits per heavy atom. The van der Waals surface area contributed by atoms with Crippen LogP contribution in [0, 0.1) is 13.8 Å². The van der Waals surface area contributed by atoms with Gasteiger partial charge in [-0.05, 0) is 49.7 Å². The highest BCUT2D eigenvalue weighted by atomic mass is 16.5. The van der Waals surface area contributed by atoms with Crippen molar-refractivity contribution >= 4 is 17.5 Å². The first-order chi connectivity index (χ1) is 15.5. The number of ether oxygens (including phenoxy) is 2. The monoisotopic (exact) mass is 433 g/mol. The molecule has 1 atom stereocenters. The summed E-state index contributed by atoms with van der Waals surface area (Å²) in [6.07, 6.45) is 1.46. The maximum atomic E-state index is 13.0. The van der Waals surface area contributed by atoms with Gasteiger partial charge in [-0.15, -0.1) is 0 Å². The number of aryl methyl sites for hydroxylation is 2. The first-order valence-corrected chi connectivity index (χ1v) is 10.6. The van der Waals surface area contributed by atoms with Crippen LogP contribution in [0.2, 0.25) is 0 Å².